The van der Waals surface area contributed by atoms with Gasteiger partial charge in [0, 0.05) is 16.8 Å². The molecule has 0 aliphatic heterocycles. The van der Waals surface area contributed by atoms with Gasteiger partial charge in [-0.3, -0.25) is 0 Å². The number of nitrogens with zero attached hydrogens (tertiary/aromatic N) is 1. The van der Waals surface area contributed by atoms with Crippen LogP contribution in [0, 0.1) is 0 Å². The zero-order chi connectivity index (χ0) is 14.9. The van der Waals surface area contributed by atoms with E-state index >= 15 is 0 Å². The van der Waals surface area contributed by atoms with Crippen molar-refractivity contribution in [2.45, 2.75) is 18.7 Å². The van der Waals surface area contributed by atoms with Gasteiger partial charge in [-0.25, -0.2) is 13.1 Å². The van der Waals surface area contributed by atoms with Gasteiger partial charge in [0.05, 0.1) is 5.69 Å². The van der Waals surface area contributed by atoms with Crippen LogP contribution in [0.3, 0.4) is 0 Å². The lowest BCUT2D eigenvalue weighted by molar-refractivity contribution is 0.413. The SMILES string of the molecule is C[C@H](NS(=O)(=O)Cc1ccon1)c1csc2ccccc12. The molecule has 0 fully saturated rings. The van der Waals surface area contributed by atoms with Gasteiger partial charge in [0.2, 0.25) is 10.0 Å². The summed E-state index contributed by atoms with van der Waals surface area (Å²) in [7, 11) is -3.47. The maximum absolute atomic E-state index is 12.2. The van der Waals surface area contributed by atoms with Crippen LogP contribution in [0.1, 0.15) is 24.2 Å². The second kappa shape index (κ2) is 5.59. The van der Waals surface area contributed by atoms with Crippen LogP contribution in [0.25, 0.3) is 10.1 Å². The highest BCUT2D eigenvalue weighted by Crippen LogP contribution is 2.30. The summed E-state index contributed by atoms with van der Waals surface area (Å²) in [5.41, 5.74) is 1.38. The Labute approximate surface area is 126 Å². The van der Waals surface area contributed by atoms with Crippen molar-refractivity contribution in [3.8, 4) is 0 Å². The number of aromatic nitrogens is 1. The topological polar surface area (TPSA) is 72.2 Å². The molecule has 110 valence electrons. The second-order valence-electron chi connectivity index (χ2n) is 4.78. The molecule has 0 amide bonds. The fourth-order valence-electron chi connectivity index (χ4n) is 2.21. The normalized spacial score (nSPS) is 13.6. The molecule has 0 saturated carbocycles. The van der Waals surface area contributed by atoms with Gasteiger partial charge >= 0.3 is 0 Å². The number of fused-ring (bicyclic) bond motifs is 1. The van der Waals surface area contributed by atoms with Crippen LogP contribution in [-0.2, 0) is 15.8 Å². The first-order valence-electron chi connectivity index (χ1n) is 6.40. The molecule has 2 heterocycles. The zero-order valence-electron chi connectivity index (χ0n) is 11.3. The number of nitrogens with one attached hydrogen (secondary N) is 1. The Morgan fingerprint density at radius 2 is 2.14 bits per heavy atom. The first-order chi connectivity index (χ1) is 10.1. The van der Waals surface area contributed by atoms with E-state index in [0.717, 1.165) is 15.6 Å². The molecule has 0 spiro atoms. The molecule has 2 aromatic heterocycles. The Balaban J connectivity index is 1.81. The van der Waals surface area contributed by atoms with Gasteiger partial charge in [-0.1, -0.05) is 23.4 Å². The summed E-state index contributed by atoms with van der Waals surface area (Å²) >= 11 is 1.61. The number of hydrogen-bond donors (Lipinski definition) is 1. The monoisotopic (exact) mass is 322 g/mol. The van der Waals surface area contributed by atoms with Gasteiger partial charge in [0.1, 0.15) is 12.0 Å². The van der Waals surface area contributed by atoms with Crippen molar-refractivity contribution in [3.63, 3.8) is 0 Å². The third kappa shape index (κ3) is 3.15. The van der Waals surface area contributed by atoms with E-state index in [4.69, 9.17) is 0 Å². The predicted molar refractivity (Wildman–Crippen MR) is 82.5 cm³/mol. The maximum atomic E-state index is 12.2. The average Bonchev–Trinajstić information content (AvgIpc) is 3.06. The quantitative estimate of drug-likeness (QED) is 0.783. The maximum Gasteiger partial charge on any atom is 0.218 e. The number of rotatable bonds is 5. The van der Waals surface area contributed by atoms with Crippen molar-refractivity contribution in [1.82, 2.24) is 9.88 Å². The molecular weight excluding hydrogens is 308 g/mol. The lowest BCUT2D eigenvalue weighted by Crippen LogP contribution is -2.28. The molecule has 0 unspecified atom stereocenters. The fraction of sp³-hybridized carbons (Fsp3) is 0.214. The van der Waals surface area contributed by atoms with E-state index in [-0.39, 0.29) is 11.8 Å². The third-order valence-corrected chi connectivity index (χ3v) is 5.53. The standard InChI is InChI=1S/C14H14N2O3S2/c1-10(13-8-20-14-5-3-2-4-12(13)14)16-21(17,18)9-11-6-7-19-15-11/h2-8,10,16H,9H2,1H3/t10-/m0/s1. The van der Waals surface area contributed by atoms with Gasteiger partial charge in [-0.2, -0.15) is 0 Å². The van der Waals surface area contributed by atoms with Gasteiger partial charge in [0.15, 0.2) is 0 Å². The Morgan fingerprint density at radius 3 is 2.90 bits per heavy atom. The van der Waals surface area contributed by atoms with E-state index in [1.165, 1.54) is 6.26 Å². The minimum absolute atomic E-state index is 0.185. The molecular formula is C14H14N2O3S2. The summed E-state index contributed by atoms with van der Waals surface area (Å²) in [4.78, 5) is 0. The summed E-state index contributed by atoms with van der Waals surface area (Å²) < 4.78 is 32.8. The Morgan fingerprint density at radius 1 is 1.33 bits per heavy atom. The van der Waals surface area contributed by atoms with E-state index in [2.05, 4.69) is 14.4 Å². The van der Waals surface area contributed by atoms with Gasteiger partial charge in [0.25, 0.3) is 0 Å². The molecule has 0 radical (unpaired) electrons. The highest BCUT2D eigenvalue weighted by atomic mass is 32.2. The molecule has 7 heteroatoms. The molecule has 0 bridgehead atoms. The molecule has 1 atom stereocenters. The predicted octanol–water partition coefficient (Wildman–Crippen LogP) is 3.07. The van der Waals surface area contributed by atoms with Gasteiger partial charge in [-0.05, 0) is 29.3 Å². The lowest BCUT2D eigenvalue weighted by Gasteiger charge is -2.13. The number of benzene rings is 1. The summed E-state index contributed by atoms with van der Waals surface area (Å²) in [6, 6.07) is 9.21. The molecule has 3 rings (SSSR count). The van der Waals surface area contributed by atoms with Crippen molar-refractivity contribution in [3.05, 3.63) is 53.2 Å². The average molecular weight is 322 g/mol. The molecule has 5 nitrogen and oxygen atoms in total. The second-order valence-corrected chi connectivity index (χ2v) is 7.44. The van der Waals surface area contributed by atoms with Gasteiger partial charge < -0.3 is 4.52 Å². The smallest absolute Gasteiger partial charge is 0.218 e. The minimum Gasteiger partial charge on any atom is -0.364 e. The number of hydrogen-bond acceptors (Lipinski definition) is 5. The summed E-state index contributed by atoms with van der Waals surface area (Å²) in [5.74, 6) is -0.185. The molecule has 0 saturated heterocycles. The Bertz CT molecular complexity index is 838. The van der Waals surface area contributed by atoms with Crippen molar-refractivity contribution in [2.24, 2.45) is 0 Å². The Hall–Kier alpha value is -1.70. The van der Waals surface area contributed by atoms with E-state index < -0.39 is 10.0 Å². The molecule has 3 aromatic rings. The van der Waals surface area contributed by atoms with E-state index in [1.807, 2.05) is 36.6 Å². The van der Waals surface area contributed by atoms with Crippen LogP contribution in [0.5, 0.6) is 0 Å². The number of thiophene rings is 1. The summed E-state index contributed by atoms with van der Waals surface area (Å²) in [6.07, 6.45) is 1.36. The highest BCUT2D eigenvalue weighted by Gasteiger charge is 2.19. The van der Waals surface area contributed by atoms with E-state index in [9.17, 15) is 8.42 Å². The van der Waals surface area contributed by atoms with Crippen LogP contribution < -0.4 is 4.72 Å². The first kappa shape index (κ1) is 14.2. The molecule has 21 heavy (non-hydrogen) atoms. The number of sulfonamides is 1. The van der Waals surface area contributed by atoms with Crippen LogP contribution in [-0.4, -0.2) is 13.6 Å². The van der Waals surface area contributed by atoms with Crippen molar-refractivity contribution in [2.75, 3.05) is 0 Å². The van der Waals surface area contributed by atoms with Crippen molar-refractivity contribution in [1.29, 1.82) is 0 Å². The van der Waals surface area contributed by atoms with Crippen molar-refractivity contribution >= 4 is 31.4 Å². The summed E-state index contributed by atoms with van der Waals surface area (Å²) in [6.45, 7) is 1.84. The van der Waals surface area contributed by atoms with Crippen LogP contribution >= 0.6 is 11.3 Å². The third-order valence-electron chi connectivity index (χ3n) is 3.16. The molecule has 1 N–H and O–H groups in total. The first-order valence-corrected chi connectivity index (χ1v) is 8.94. The fourth-order valence-corrected chi connectivity index (χ4v) is 4.56. The van der Waals surface area contributed by atoms with E-state index in [0.29, 0.717) is 5.69 Å². The molecule has 1 aromatic carbocycles. The Kier molecular flexibility index (Phi) is 3.79. The minimum atomic E-state index is -3.47. The van der Waals surface area contributed by atoms with Crippen LogP contribution in [0.2, 0.25) is 0 Å². The zero-order valence-corrected chi connectivity index (χ0v) is 12.9. The molecule has 0 aliphatic carbocycles. The van der Waals surface area contributed by atoms with Crippen LogP contribution in [0.15, 0.2) is 46.5 Å². The lowest BCUT2D eigenvalue weighted by atomic mass is 10.1. The van der Waals surface area contributed by atoms with Crippen molar-refractivity contribution < 1.29 is 12.9 Å². The highest BCUT2D eigenvalue weighted by molar-refractivity contribution is 7.88. The van der Waals surface area contributed by atoms with Gasteiger partial charge in [-0.15, -0.1) is 11.3 Å². The molecule has 0 aliphatic rings. The van der Waals surface area contributed by atoms with Crippen LogP contribution in [0.4, 0.5) is 0 Å². The summed E-state index contributed by atoms with van der Waals surface area (Å²) in [5, 5.41) is 6.71. The largest absolute Gasteiger partial charge is 0.364 e. The van der Waals surface area contributed by atoms with E-state index in [1.54, 1.807) is 17.4 Å².